The molecule has 1 nitrogen and oxygen atoms in total. The van der Waals surface area contributed by atoms with Crippen molar-refractivity contribution in [2.75, 3.05) is 0 Å². The molecule has 0 amide bonds. The van der Waals surface area contributed by atoms with Gasteiger partial charge in [-0.1, -0.05) is 23.2 Å². The number of halogens is 5. The molecule has 5 rings (SSSR count). The molecule has 6 heteroatoms. The molecule has 5 fully saturated rings. The minimum atomic E-state index is -1.11. The van der Waals surface area contributed by atoms with Gasteiger partial charge in [0.1, 0.15) is 10.1 Å². The van der Waals surface area contributed by atoms with Crippen molar-refractivity contribution in [3.63, 3.8) is 0 Å². The number of alkyl halides is 5. The molecule has 0 aromatic carbocycles. The second kappa shape index (κ2) is 2.73. The summed E-state index contributed by atoms with van der Waals surface area (Å²) in [5.74, 6) is 0.521. The largest absolute Gasteiger partial charge is 0.299 e. The predicted octanol–water partition coefficient (Wildman–Crippen LogP) is 3.45. The molecule has 9 atom stereocenters. The second-order valence-electron chi connectivity index (χ2n) is 6.55. The summed E-state index contributed by atoms with van der Waals surface area (Å²) in [5, 5.41) is -0.529. The van der Waals surface area contributed by atoms with E-state index < -0.39 is 19.5 Å². The fourth-order valence-electron chi connectivity index (χ4n) is 6.24. The van der Waals surface area contributed by atoms with Crippen LogP contribution in [0.25, 0.3) is 0 Å². The number of carbonyl (C=O) groups is 1. The first-order valence-electron chi connectivity index (χ1n) is 6.22. The van der Waals surface area contributed by atoms with E-state index in [0.717, 1.165) is 6.42 Å². The highest BCUT2D eigenvalue weighted by atomic mass is 35.5. The fraction of sp³-hybridized carbons (Fsp3) is 0.917. The Morgan fingerprint density at radius 3 is 2.50 bits per heavy atom. The molecule has 0 unspecified atom stereocenters. The lowest BCUT2D eigenvalue weighted by atomic mass is 9.77. The van der Waals surface area contributed by atoms with Gasteiger partial charge in [0.15, 0.2) is 0 Å². The van der Waals surface area contributed by atoms with Crippen molar-refractivity contribution in [3.05, 3.63) is 0 Å². The van der Waals surface area contributed by atoms with Gasteiger partial charge < -0.3 is 0 Å². The van der Waals surface area contributed by atoms with Gasteiger partial charge in [0.05, 0.1) is 15.1 Å². The molecule has 0 heterocycles. The van der Waals surface area contributed by atoms with Crippen molar-refractivity contribution in [1.82, 2.24) is 0 Å². The van der Waals surface area contributed by atoms with E-state index >= 15 is 0 Å². The Bertz CT molecular complexity index is 521. The van der Waals surface area contributed by atoms with E-state index in [1.54, 1.807) is 0 Å². The third kappa shape index (κ3) is 0.729. The third-order valence-electron chi connectivity index (χ3n) is 6.45. The zero-order valence-electron chi connectivity index (χ0n) is 9.05. The monoisotopic (exact) mass is 344 g/mol. The highest BCUT2D eigenvalue weighted by molar-refractivity contribution is 6.58. The Morgan fingerprint density at radius 2 is 1.83 bits per heavy atom. The smallest absolute Gasteiger partial charge is 0.143 e. The molecular weight excluding hydrogens is 337 g/mol. The Hall–Kier alpha value is 1.12. The number of fused-ring (bicyclic) bond motifs is 5. The van der Waals surface area contributed by atoms with Gasteiger partial charge in [0, 0.05) is 17.8 Å². The fourth-order valence-corrected chi connectivity index (χ4v) is 9.58. The minimum Gasteiger partial charge on any atom is -0.299 e. The lowest BCUT2D eigenvalue weighted by Gasteiger charge is -2.39. The van der Waals surface area contributed by atoms with Crippen LogP contribution >= 0.6 is 58.0 Å². The number of ketones is 1. The first-order chi connectivity index (χ1) is 8.29. The van der Waals surface area contributed by atoms with Crippen LogP contribution in [0.5, 0.6) is 0 Å². The van der Waals surface area contributed by atoms with Gasteiger partial charge in [0.2, 0.25) is 0 Å². The van der Waals surface area contributed by atoms with E-state index in [9.17, 15) is 4.79 Å². The quantitative estimate of drug-likeness (QED) is 0.614. The molecule has 4 bridgehead atoms. The summed E-state index contributed by atoms with van der Waals surface area (Å²) in [6.45, 7) is 0. The predicted molar refractivity (Wildman–Crippen MR) is 71.8 cm³/mol. The van der Waals surface area contributed by atoms with E-state index in [1.165, 1.54) is 0 Å². The topological polar surface area (TPSA) is 17.1 Å². The number of rotatable bonds is 0. The van der Waals surface area contributed by atoms with Crippen molar-refractivity contribution in [1.29, 1.82) is 0 Å². The Morgan fingerprint density at radius 1 is 1.17 bits per heavy atom. The van der Waals surface area contributed by atoms with Crippen molar-refractivity contribution < 1.29 is 4.79 Å². The normalized spacial score (nSPS) is 72.9. The summed E-state index contributed by atoms with van der Waals surface area (Å²) in [6, 6.07) is 0. The van der Waals surface area contributed by atoms with E-state index in [2.05, 4.69) is 0 Å². The molecule has 18 heavy (non-hydrogen) atoms. The van der Waals surface area contributed by atoms with Gasteiger partial charge in [-0.3, -0.25) is 4.79 Å². The average molecular weight is 346 g/mol. The van der Waals surface area contributed by atoms with Crippen molar-refractivity contribution in [2.24, 2.45) is 35.5 Å². The molecule has 5 saturated carbocycles. The first-order valence-corrected chi connectivity index (χ1v) is 8.17. The van der Waals surface area contributed by atoms with Gasteiger partial charge in [-0.25, -0.2) is 0 Å². The highest BCUT2D eigenvalue weighted by Crippen LogP contribution is 2.88. The molecule has 5 aliphatic carbocycles. The molecule has 0 aromatic heterocycles. The van der Waals surface area contributed by atoms with Crippen LogP contribution in [-0.2, 0) is 4.79 Å². The van der Waals surface area contributed by atoms with Crippen LogP contribution < -0.4 is 0 Å². The molecule has 0 aliphatic heterocycles. The summed E-state index contributed by atoms with van der Waals surface area (Å²) in [7, 11) is 0. The second-order valence-corrected chi connectivity index (χ2v) is 9.65. The number of hydrogen-bond acceptors (Lipinski definition) is 1. The Labute approximate surface area is 129 Å². The van der Waals surface area contributed by atoms with Crippen molar-refractivity contribution in [2.45, 2.75) is 25.9 Å². The zero-order chi connectivity index (χ0) is 12.8. The van der Waals surface area contributed by atoms with E-state index in [-0.39, 0.29) is 35.4 Å². The number of hydrogen-bond donors (Lipinski definition) is 0. The first kappa shape index (κ1) is 11.7. The van der Waals surface area contributed by atoms with Crippen LogP contribution in [0.2, 0.25) is 0 Å². The molecule has 0 aromatic rings. The third-order valence-corrected chi connectivity index (χ3v) is 10.1. The van der Waals surface area contributed by atoms with Crippen LogP contribution in [0, 0.1) is 35.5 Å². The number of carbonyl (C=O) groups excluding carboxylic acids is 1. The van der Waals surface area contributed by atoms with Crippen LogP contribution in [-0.4, -0.2) is 25.2 Å². The molecule has 5 aliphatic rings. The molecule has 0 N–H and O–H groups in total. The Balaban J connectivity index is 1.90. The summed E-state index contributed by atoms with van der Waals surface area (Å²) < 4.78 is -1.11. The summed E-state index contributed by atoms with van der Waals surface area (Å²) in [4.78, 5) is 10.7. The van der Waals surface area contributed by atoms with E-state index in [1.807, 2.05) is 0 Å². The average Bonchev–Trinajstić information content (AvgIpc) is 2.90. The lowest BCUT2D eigenvalue weighted by Crippen LogP contribution is -2.50. The van der Waals surface area contributed by atoms with Crippen LogP contribution in [0.15, 0.2) is 0 Å². The Kier molecular flexibility index (Phi) is 1.78. The number of Topliss-reactive ketones (excluding diaryl/α,β-unsaturated/α-hetero) is 1. The SMILES string of the molecule is O=C1[C@@H]2C[C@H]3[C@H]4[C@H]2[C@]2(Cl)[C@H](Cl)[C@@](Cl)([C@@H]13)[C@@H]4C2(Cl)Cl. The van der Waals surface area contributed by atoms with Crippen LogP contribution in [0.1, 0.15) is 6.42 Å². The molecule has 0 saturated heterocycles. The maximum Gasteiger partial charge on any atom is 0.143 e. The van der Waals surface area contributed by atoms with Crippen LogP contribution in [0.3, 0.4) is 0 Å². The van der Waals surface area contributed by atoms with Crippen molar-refractivity contribution in [3.8, 4) is 0 Å². The van der Waals surface area contributed by atoms with E-state index in [0.29, 0.717) is 5.92 Å². The van der Waals surface area contributed by atoms with Crippen LogP contribution in [0.4, 0.5) is 0 Å². The van der Waals surface area contributed by atoms with Crippen molar-refractivity contribution >= 4 is 63.8 Å². The minimum absolute atomic E-state index is 0.0183. The highest BCUT2D eigenvalue weighted by Gasteiger charge is 2.94. The molecule has 98 valence electrons. The summed E-state index contributed by atoms with van der Waals surface area (Å²) >= 11 is 33.3. The molecule has 0 radical (unpaired) electrons. The maximum atomic E-state index is 12.5. The molecular formula is C12H9Cl5O. The van der Waals surface area contributed by atoms with Gasteiger partial charge >= 0.3 is 0 Å². The van der Waals surface area contributed by atoms with E-state index in [4.69, 9.17) is 58.0 Å². The van der Waals surface area contributed by atoms with Gasteiger partial charge in [-0.05, 0) is 24.2 Å². The van der Waals surface area contributed by atoms with Gasteiger partial charge in [-0.2, -0.15) is 0 Å². The summed E-state index contributed by atoms with van der Waals surface area (Å²) in [6.07, 6.45) is 0.908. The maximum absolute atomic E-state index is 12.5. The molecule has 0 spiro atoms. The standard InChI is InChI=1S/C12H9Cl5O/c13-9-10(14)6-2-1-3(7(6)18)5-4(2)8(10)12(16,17)11(5,9)15/h2-6,8-9H,1H2/t2-,3+,4-,5-,6+,8+,9+,10+,11-/m0/s1. The van der Waals surface area contributed by atoms with Gasteiger partial charge in [0.25, 0.3) is 0 Å². The van der Waals surface area contributed by atoms with Gasteiger partial charge in [-0.15, -0.1) is 34.8 Å². The summed E-state index contributed by atoms with van der Waals surface area (Å²) in [5.41, 5.74) is 0. The zero-order valence-corrected chi connectivity index (χ0v) is 12.8. The lowest BCUT2D eigenvalue weighted by molar-refractivity contribution is -0.126.